The van der Waals surface area contributed by atoms with E-state index in [4.69, 9.17) is 14.2 Å². The van der Waals surface area contributed by atoms with Gasteiger partial charge in [-0.05, 0) is 53.8 Å². The van der Waals surface area contributed by atoms with E-state index in [0.29, 0.717) is 37.8 Å². The van der Waals surface area contributed by atoms with E-state index in [2.05, 4.69) is 5.32 Å². The lowest BCUT2D eigenvalue weighted by atomic mass is 10.0. The molecule has 8 nitrogen and oxygen atoms in total. The molecule has 0 radical (unpaired) electrons. The smallest absolute Gasteiger partial charge is 0.247 e. The number of hydrogen-bond acceptors (Lipinski definition) is 6. The van der Waals surface area contributed by atoms with E-state index in [1.807, 2.05) is 77.7 Å². The fraction of sp³-hybridized carbons (Fsp3) is 0.375. The number of methoxy groups -OCH3 is 2. The van der Waals surface area contributed by atoms with Gasteiger partial charge in [-0.1, -0.05) is 42.5 Å². The zero-order valence-corrected chi connectivity index (χ0v) is 23.2. The predicted octanol–water partition coefficient (Wildman–Crippen LogP) is 4.27. The quantitative estimate of drug-likeness (QED) is 0.344. The molecule has 0 spiro atoms. The van der Waals surface area contributed by atoms with Crippen LogP contribution in [0.4, 0.5) is 5.69 Å². The number of nitrogens with one attached hydrogen (secondary N) is 1. The Morgan fingerprint density at radius 3 is 2.48 bits per heavy atom. The number of benzene rings is 3. The van der Waals surface area contributed by atoms with Gasteiger partial charge in [0, 0.05) is 51.0 Å². The van der Waals surface area contributed by atoms with Crippen LogP contribution in [0.3, 0.4) is 0 Å². The minimum absolute atomic E-state index is 0.0569. The lowest BCUT2D eigenvalue weighted by Gasteiger charge is -2.38. The molecule has 2 fully saturated rings. The first-order chi connectivity index (χ1) is 19.6. The number of piperazine rings is 1. The molecule has 1 aliphatic heterocycles. The van der Waals surface area contributed by atoms with Crippen LogP contribution in [0.5, 0.6) is 11.5 Å². The van der Waals surface area contributed by atoms with Gasteiger partial charge in [0.1, 0.15) is 17.5 Å². The number of carbonyl (C=O) groups is 2. The van der Waals surface area contributed by atoms with Crippen LogP contribution >= 0.6 is 0 Å². The van der Waals surface area contributed by atoms with E-state index >= 15 is 0 Å². The van der Waals surface area contributed by atoms with Crippen LogP contribution in [0.2, 0.25) is 0 Å². The summed E-state index contributed by atoms with van der Waals surface area (Å²) in [6.07, 6.45) is 2.68. The van der Waals surface area contributed by atoms with Gasteiger partial charge in [-0.15, -0.1) is 0 Å². The molecule has 3 aromatic rings. The Hall–Kier alpha value is -3.88. The fourth-order valence-electron chi connectivity index (χ4n) is 5.13. The zero-order valence-electron chi connectivity index (χ0n) is 23.2. The van der Waals surface area contributed by atoms with Crippen molar-refractivity contribution < 1.29 is 23.8 Å². The van der Waals surface area contributed by atoms with E-state index in [9.17, 15) is 9.59 Å². The van der Waals surface area contributed by atoms with Gasteiger partial charge in [0.15, 0.2) is 0 Å². The molecule has 1 unspecified atom stereocenters. The van der Waals surface area contributed by atoms with Gasteiger partial charge in [0.05, 0.1) is 20.3 Å². The maximum Gasteiger partial charge on any atom is 0.247 e. The lowest BCUT2D eigenvalue weighted by molar-refractivity contribution is -0.136. The van der Waals surface area contributed by atoms with Crippen molar-refractivity contribution in [3.05, 3.63) is 78.4 Å². The Bertz CT molecular complexity index is 1310. The number of nitrogens with zero attached hydrogens (tertiary/aromatic N) is 2. The van der Waals surface area contributed by atoms with Crippen molar-refractivity contribution in [1.82, 2.24) is 10.2 Å². The minimum Gasteiger partial charge on any atom is -0.497 e. The molecule has 8 heteroatoms. The second-order valence-corrected chi connectivity index (χ2v) is 10.2. The third kappa shape index (κ3) is 6.63. The second-order valence-electron chi connectivity index (χ2n) is 10.2. The number of hydrogen-bond donors (Lipinski definition) is 1. The standard InChI is InChI=1S/C32H37N3O5/c1-38-14-7-15-40-29-17-23(16-28(19-29)39-2)22-34(26-12-13-26)32(37)30-20-33-21-31(36)35(30)27-11-6-10-25(18-27)24-8-4-3-5-9-24/h3-6,8-11,16-19,26,30,33H,7,12-15,20-22H2,1-2H3. The van der Waals surface area contributed by atoms with Gasteiger partial charge in [0.2, 0.25) is 11.8 Å². The molecule has 0 bridgehead atoms. The molecule has 1 heterocycles. The largest absolute Gasteiger partial charge is 0.497 e. The van der Waals surface area contributed by atoms with Crippen molar-refractivity contribution in [1.29, 1.82) is 0 Å². The first kappa shape index (κ1) is 27.7. The molecule has 3 aromatic carbocycles. The van der Waals surface area contributed by atoms with Gasteiger partial charge in [0.25, 0.3) is 0 Å². The first-order valence-corrected chi connectivity index (χ1v) is 13.9. The highest BCUT2D eigenvalue weighted by atomic mass is 16.5. The van der Waals surface area contributed by atoms with E-state index in [0.717, 1.165) is 41.6 Å². The van der Waals surface area contributed by atoms with Gasteiger partial charge >= 0.3 is 0 Å². The molecule has 2 amide bonds. The Kier molecular flexibility index (Phi) is 8.98. The topological polar surface area (TPSA) is 80.3 Å². The molecule has 1 atom stereocenters. The summed E-state index contributed by atoms with van der Waals surface area (Å²) in [5.74, 6) is 1.20. The highest BCUT2D eigenvalue weighted by Gasteiger charge is 2.41. The normalized spacial score (nSPS) is 17.0. The molecular formula is C32H37N3O5. The van der Waals surface area contributed by atoms with Gasteiger partial charge in [-0.25, -0.2) is 0 Å². The second kappa shape index (κ2) is 13.0. The predicted molar refractivity (Wildman–Crippen MR) is 155 cm³/mol. The van der Waals surface area contributed by atoms with Gasteiger partial charge < -0.3 is 24.4 Å². The van der Waals surface area contributed by atoms with Crippen LogP contribution in [-0.2, 0) is 20.9 Å². The first-order valence-electron chi connectivity index (χ1n) is 13.9. The van der Waals surface area contributed by atoms with E-state index in [-0.39, 0.29) is 24.4 Å². The molecule has 2 aliphatic rings. The summed E-state index contributed by atoms with van der Waals surface area (Å²) >= 11 is 0. The minimum atomic E-state index is -0.636. The van der Waals surface area contributed by atoms with E-state index < -0.39 is 6.04 Å². The van der Waals surface area contributed by atoms with Crippen molar-refractivity contribution in [2.45, 2.75) is 37.9 Å². The molecule has 1 N–H and O–H groups in total. The molecule has 1 aliphatic carbocycles. The maximum atomic E-state index is 14.2. The fourth-order valence-corrected chi connectivity index (χ4v) is 5.13. The number of rotatable bonds is 12. The number of ether oxygens (including phenoxy) is 3. The van der Waals surface area contributed by atoms with Crippen LogP contribution < -0.4 is 19.7 Å². The van der Waals surface area contributed by atoms with Gasteiger partial charge in [-0.3, -0.25) is 14.5 Å². The van der Waals surface area contributed by atoms with Crippen molar-refractivity contribution in [2.75, 3.05) is 45.4 Å². The Morgan fingerprint density at radius 1 is 0.950 bits per heavy atom. The van der Waals surface area contributed by atoms with Crippen molar-refractivity contribution in [3.63, 3.8) is 0 Å². The van der Waals surface area contributed by atoms with Crippen LogP contribution in [0.25, 0.3) is 11.1 Å². The third-order valence-electron chi connectivity index (χ3n) is 7.27. The molecule has 1 saturated carbocycles. The molecule has 40 heavy (non-hydrogen) atoms. The van der Waals surface area contributed by atoms with Gasteiger partial charge in [-0.2, -0.15) is 0 Å². The molecule has 1 saturated heterocycles. The number of anilines is 1. The van der Waals surface area contributed by atoms with Crippen LogP contribution in [0.15, 0.2) is 72.8 Å². The van der Waals surface area contributed by atoms with Crippen molar-refractivity contribution in [2.24, 2.45) is 0 Å². The molecule has 0 aromatic heterocycles. The Morgan fingerprint density at radius 2 is 1.73 bits per heavy atom. The summed E-state index contributed by atoms with van der Waals surface area (Å²) in [6, 6.07) is 23.2. The van der Waals surface area contributed by atoms with Crippen LogP contribution in [-0.4, -0.2) is 69.3 Å². The monoisotopic (exact) mass is 543 g/mol. The summed E-state index contributed by atoms with van der Waals surface area (Å²) < 4.78 is 16.6. The number of amides is 2. The van der Waals surface area contributed by atoms with E-state index in [1.165, 1.54) is 0 Å². The summed E-state index contributed by atoms with van der Waals surface area (Å²) in [5.41, 5.74) is 3.72. The highest BCUT2D eigenvalue weighted by molar-refractivity contribution is 6.03. The van der Waals surface area contributed by atoms with Crippen molar-refractivity contribution in [3.8, 4) is 22.6 Å². The SMILES string of the molecule is COCCCOc1cc(CN(C(=O)C2CNCC(=O)N2c2cccc(-c3ccccc3)c2)C2CC2)cc(OC)c1. The molecule has 5 rings (SSSR count). The van der Waals surface area contributed by atoms with Crippen molar-refractivity contribution >= 4 is 17.5 Å². The van der Waals surface area contributed by atoms with Crippen LogP contribution in [0, 0.1) is 0 Å². The lowest BCUT2D eigenvalue weighted by Crippen LogP contribution is -2.61. The summed E-state index contributed by atoms with van der Waals surface area (Å²) in [4.78, 5) is 31.0. The maximum absolute atomic E-state index is 14.2. The Labute approximate surface area is 235 Å². The average molecular weight is 544 g/mol. The number of carbonyl (C=O) groups excluding carboxylic acids is 2. The summed E-state index contributed by atoms with van der Waals surface area (Å²) in [5, 5.41) is 3.16. The summed E-state index contributed by atoms with van der Waals surface area (Å²) in [6.45, 7) is 2.16. The Balaban J connectivity index is 1.39. The third-order valence-corrected chi connectivity index (χ3v) is 7.27. The molecule has 210 valence electrons. The van der Waals surface area contributed by atoms with Crippen LogP contribution in [0.1, 0.15) is 24.8 Å². The highest BCUT2D eigenvalue weighted by Crippen LogP contribution is 2.33. The zero-order chi connectivity index (χ0) is 27.9. The summed E-state index contributed by atoms with van der Waals surface area (Å²) in [7, 11) is 3.29. The molecular weight excluding hydrogens is 506 g/mol. The van der Waals surface area contributed by atoms with E-state index in [1.54, 1.807) is 19.1 Å². The average Bonchev–Trinajstić information content (AvgIpc) is 3.83.